The number of para-hydroxylation sites is 3. The van der Waals surface area contributed by atoms with Crippen molar-refractivity contribution in [2.24, 2.45) is 0 Å². The van der Waals surface area contributed by atoms with Gasteiger partial charge >= 0.3 is 0 Å². The summed E-state index contributed by atoms with van der Waals surface area (Å²) in [4.78, 5) is 2.34. The Balaban J connectivity index is 0.923. The molecule has 0 aliphatic rings. The van der Waals surface area contributed by atoms with E-state index < -0.39 is 0 Å². The molecular formula is C64H42N2O. The summed E-state index contributed by atoms with van der Waals surface area (Å²) in [6, 6.07) is 91.7. The number of rotatable bonds is 8. The van der Waals surface area contributed by atoms with Gasteiger partial charge < -0.3 is 13.9 Å². The zero-order valence-corrected chi connectivity index (χ0v) is 36.6. The van der Waals surface area contributed by atoms with E-state index >= 15 is 0 Å². The number of aromatic nitrogens is 1. The van der Waals surface area contributed by atoms with Crippen molar-refractivity contribution in [1.29, 1.82) is 0 Å². The normalized spacial score (nSPS) is 11.6. The van der Waals surface area contributed by atoms with Crippen LogP contribution in [-0.4, -0.2) is 4.57 Å². The summed E-state index contributed by atoms with van der Waals surface area (Å²) < 4.78 is 9.19. The largest absolute Gasteiger partial charge is 0.455 e. The van der Waals surface area contributed by atoms with Crippen LogP contribution in [0.2, 0.25) is 0 Å². The Labute approximate surface area is 388 Å². The predicted molar refractivity (Wildman–Crippen MR) is 282 cm³/mol. The summed E-state index contributed by atoms with van der Waals surface area (Å²) >= 11 is 0. The van der Waals surface area contributed by atoms with Crippen molar-refractivity contribution in [2.45, 2.75) is 0 Å². The molecule has 0 aliphatic heterocycles. The van der Waals surface area contributed by atoms with Crippen LogP contribution in [0.5, 0.6) is 0 Å². The lowest BCUT2D eigenvalue weighted by molar-refractivity contribution is 0.670. The molecular weight excluding hydrogens is 813 g/mol. The minimum absolute atomic E-state index is 0.847. The van der Waals surface area contributed by atoms with Crippen LogP contribution in [0.1, 0.15) is 0 Å². The number of benzene rings is 11. The summed E-state index contributed by atoms with van der Waals surface area (Å²) in [5.41, 5.74) is 17.7. The fraction of sp³-hybridized carbons (Fsp3) is 0. The van der Waals surface area contributed by atoms with Crippen molar-refractivity contribution in [3.63, 3.8) is 0 Å². The highest BCUT2D eigenvalue weighted by atomic mass is 16.3. The first-order valence-corrected chi connectivity index (χ1v) is 22.9. The Morgan fingerprint density at radius 1 is 0.313 bits per heavy atom. The average Bonchev–Trinajstić information content (AvgIpc) is 3.95. The quantitative estimate of drug-likeness (QED) is 0.152. The molecule has 0 spiro atoms. The third-order valence-corrected chi connectivity index (χ3v) is 13.4. The van der Waals surface area contributed by atoms with E-state index in [0.29, 0.717) is 0 Å². The van der Waals surface area contributed by atoms with Gasteiger partial charge in [-0.3, -0.25) is 0 Å². The second-order valence-corrected chi connectivity index (χ2v) is 17.3. The van der Waals surface area contributed by atoms with Gasteiger partial charge in [0.15, 0.2) is 0 Å². The van der Waals surface area contributed by atoms with Crippen molar-refractivity contribution in [3.05, 3.63) is 255 Å². The highest BCUT2D eigenvalue weighted by molar-refractivity contribution is 6.11. The van der Waals surface area contributed by atoms with Crippen molar-refractivity contribution in [2.75, 3.05) is 4.90 Å². The monoisotopic (exact) mass is 854 g/mol. The molecule has 0 fully saturated rings. The van der Waals surface area contributed by atoms with Gasteiger partial charge in [-0.05, 0) is 110 Å². The van der Waals surface area contributed by atoms with Gasteiger partial charge in [-0.15, -0.1) is 0 Å². The Hall–Kier alpha value is -8.92. The number of furan rings is 1. The molecule has 0 bridgehead atoms. The summed E-state index contributed by atoms with van der Waals surface area (Å²) in [7, 11) is 0. The van der Waals surface area contributed by atoms with Crippen molar-refractivity contribution in [3.8, 4) is 50.2 Å². The highest BCUT2D eigenvalue weighted by Crippen LogP contribution is 2.43. The highest BCUT2D eigenvalue weighted by Gasteiger charge is 2.19. The average molecular weight is 855 g/mol. The third-order valence-electron chi connectivity index (χ3n) is 13.4. The minimum atomic E-state index is 0.847. The van der Waals surface area contributed by atoms with Gasteiger partial charge in [0.05, 0.1) is 11.0 Å². The molecule has 13 aromatic rings. The first-order chi connectivity index (χ1) is 33.2. The van der Waals surface area contributed by atoms with E-state index in [1.54, 1.807) is 0 Å². The summed E-state index contributed by atoms with van der Waals surface area (Å²) in [6.07, 6.45) is 0. The summed E-state index contributed by atoms with van der Waals surface area (Å²) in [5.74, 6) is 0. The lowest BCUT2D eigenvalue weighted by Gasteiger charge is -2.26. The van der Waals surface area contributed by atoms with Crippen molar-refractivity contribution < 1.29 is 4.42 Å². The molecule has 2 aromatic heterocycles. The fourth-order valence-corrected chi connectivity index (χ4v) is 10.3. The van der Waals surface area contributed by atoms with Gasteiger partial charge in [-0.1, -0.05) is 188 Å². The summed E-state index contributed by atoms with van der Waals surface area (Å²) in [6.45, 7) is 0. The Kier molecular flexibility index (Phi) is 9.17. The third kappa shape index (κ3) is 6.59. The van der Waals surface area contributed by atoms with Gasteiger partial charge in [0.2, 0.25) is 0 Å². The number of nitrogens with zero attached hydrogens (tertiary/aromatic N) is 2. The van der Waals surface area contributed by atoms with Crippen LogP contribution in [0.3, 0.4) is 0 Å². The molecule has 0 aliphatic carbocycles. The van der Waals surface area contributed by atoms with E-state index in [-0.39, 0.29) is 0 Å². The molecule has 314 valence electrons. The maximum absolute atomic E-state index is 6.81. The SMILES string of the molecule is c1ccc(-c2cccc3c2oc2cc(N(c4ccc(-c5cccc(-n6c7ccccc7c7ccccc76)c5)cc4)c4ccc(-c5cccc6cccc(-c7ccccc7)c56)cc4)ccc23)cc1. The van der Waals surface area contributed by atoms with Gasteiger partial charge in [0, 0.05) is 55.9 Å². The molecule has 0 unspecified atom stereocenters. The number of hydrogen-bond acceptors (Lipinski definition) is 2. The molecule has 2 heterocycles. The maximum atomic E-state index is 6.81. The predicted octanol–water partition coefficient (Wildman–Crippen LogP) is 18.0. The van der Waals surface area contributed by atoms with E-state index in [9.17, 15) is 0 Å². The van der Waals surface area contributed by atoms with E-state index in [1.165, 1.54) is 49.3 Å². The van der Waals surface area contributed by atoms with E-state index in [2.05, 4.69) is 264 Å². The first-order valence-electron chi connectivity index (χ1n) is 22.9. The number of anilines is 3. The molecule has 11 aromatic carbocycles. The Bertz CT molecular complexity index is 3900. The van der Waals surface area contributed by atoms with Gasteiger partial charge in [0.1, 0.15) is 11.2 Å². The molecule has 0 saturated carbocycles. The zero-order valence-electron chi connectivity index (χ0n) is 36.6. The first kappa shape index (κ1) is 38.5. The van der Waals surface area contributed by atoms with E-state index in [4.69, 9.17) is 4.42 Å². The molecule has 3 nitrogen and oxygen atoms in total. The van der Waals surface area contributed by atoms with Gasteiger partial charge in [0.25, 0.3) is 0 Å². The van der Waals surface area contributed by atoms with Gasteiger partial charge in [-0.25, -0.2) is 0 Å². The topological polar surface area (TPSA) is 21.3 Å². The van der Waals surface area contributed by atoms with Crippen LogP contribution < -0.4 is 4.90 Å². The van der Waals surface area contributed by atoms with Crippen LogP contribution in [0.25, 0.3) is 105 Å². The van der Waals surface area contributed by atoms with E-state index in [0.717, 1.165) is 72.5 Å². The molecule has 3 heteroatoms. The van der Waals surface area contributed by atoms with Crippen LogP contribution in [0, 0.1) is 0 Å². The van der Waals surface area contributed by atoms with Crippen LogP contribution in [0.4, 0.5) is 17.1 Å². The lowest BCUT2D eigenvalue weighted by Crippen LogP contribution is -2.09. The van der Waals surface area contributed by atoms with Crippen LogP contribution in [0.15, 0.2) is 259 Å². The lowest BCUT2D eigenvalue weighted by atomic mass is 9.91. The van der Waals surface area contributed by atoms with Crippen molar-refractivity contribution in [1.82, 2.24) is 4.57 Å². The number of fused-ring (bicyclic) bond motifs is 7. The van der Waals surface area contributed by atoms with E-state index in [1.807, 2.05) is 0 Å². The Morgan fingerprint density at radius 2 is 0.806 bits per heavy atom. The Morgan fingerprint density at radius 3 is 1.46 bits per heavy atom. The molecule has 0 atom stereocenters. The molecule has 0 saturated heterocycles. The number of hydrogen-bond donors (Lipinski definition) is 0. The summed E-state index contributed by atoms with van der Waals surface area (Å²) in [5, 5.41) is 7.19. The maximum Gasteiger partial charge on any atom is 0.143 e. The molecule has 0 radical (unpaired) electrons. The van der Waals surface area contributed by atoms with Crippen LogP contribution in [-0.2, 0) is 0 Å². The zero-order chi connectivity index (χ0) is 44.3. The molecule has 67 heavy (non-hydrogen) atoms. The van der Waals surface area contributed by atoms with Crippen molar-refractivity contribution >= 4 is 71.6 Å². The van der Waals surface area contributed by atoms with Crippen LogP contribution >= 0.6 is 0 Å². The fourth-order valence-electron chi connectivity index (χ4n) is 10.3. The molecule has 0 N–H and O–H groups in total. The molecule has 13 rings (SSSR count). The standard InChI is InChI=1S/C64H42N2O/c1-3-15-44(16-4-1)53-25-12-19-47-20-13-26-54(63(47)53)46-33-37-50(38-34-46)65(52-39-40-58-59-28-14-27-55(45-17-5-2-6-18-45)64(59)67-62(58)42-52)49-35-31-43(32-36-49)48-21-11-22-51(41-48)66-60-29-9-7-23-56(60)57-24-8-10-30-61(57)66/h1-42H. The molecule has 0 amide bonds. The van der Waals surface area contributed by atoms with Gasteiger partial charge in [-0.2, -0.15) is 0 Å². The smallest absolute Gasteiger partial charge is 0.143 e. The minimum Gasteiger partial charge on any atom is -0.455 e. The second kappa shape index (κ2) is 16.0. The second-order valence-electron chi connectivity index (χ2n) is 17.3.